The van der Waals surface area contributed by atoms with Gasteiger partial charge in [-0.15, -0.1) is 11.8 Å². The van der Waals surface area contributed by atoms with Gasteiger partial charge in [-0.2, -0.15) is 0 Å². The molecule has 1 atom stereocenters. The number of rotatable bonds is 10. The van der Waals surface area contributed by atoms with Gasteiger partial charge in [0.2, 0.25) is 11.8 Å². The molecule has 1 heterocycles. The molecule has 5 rings (SSSR count). The molecule has 232 valence electrons. The van der Waals surface area contributed by atoms with Gasteiger partial charge in [0, 0.05) is 28.1 Å². The van der Waals surface area contributed by atoms with Crippen LogP contribution in [0.4, 0.5) is 11.4 Å². The third kappa shape index (κ3) is 7.68. The first kappa shape index (κ1) is 32.1. The van der Waals surface area contributed by atoms with E-state index in [9.17, 15) is 24.0 Å². The highest BCUT2D eigenvalue weighted by atomic mass is 32.2. The summed E-state index contributed by atoms with van der Waals surface area (Å²) in [5.74, 6) is -1.28. The summed E-state index contributed by atoms with van der Waals surface area (Å²) in [4.78, 5) is 65.7. The zero-order chi connectivity index (χ0) is 32.8. The minimum atomic E-state index is -0.606. The Morgan fingerprint density at radius 2 is 1.48 bits per heavy atom. The highest BCUT2D eigenvalue weighted by Gasteiger charge is 2.40. The summed E-state index contributed by atoms with van der Waals surface area (Å²) >= 11 is 1.27. The molecule has 0 bridgehead atoms. The predicted molar refractivity (Wildman–Crippen MR) is 181 cm³/mol. The summed E-state index contributed by atoms with van der Waals surface area (Å²) in [6, 6.07) is 29.8. The van der Waals surface area contributed by atoms with Gasteiger partial charge in [-0.1, -0.05) is 56.3 Å². The van der Waals surface area contributed by atoms with Crippen molar-refractivity contribution in [3.63, 3.8) is 0 Å². The smallest absolute Gasteiger partial charge is 0.272 e. The van der Waals surface area contributed by atoms with Crippen LogP contribution in [0.2, 0.25) is 0 Å². The van der Waals surface area contributed by atoms with E-state index in [-0.39, 0.29) is 29.7 Å². The Labute approximate surface area is 271 Å². The van der Waals surface area contributed by atoms with Gasteiger partial charge in [-0.3, -0.25) is 24.0 Å². The SMILES string of the molecule is CC(=O)c1ccc(N2C(=O)CC(Sc3ccc(NC(=O)/C(=C/c4ccc(C(C)C)cc4)NC(=O)c4ccccc4)cc3)C2=O)cc1. The maximum absolute atomic E-state index is 13.4. The van der Waals surface area contributed by atoms with Crippen molar-refractivity contribution in [1.82, 2.24) is 5.32 Å². The van der Waals surface area contributed by atoms with Crippen LogP contribution in [0.15, 0.2) is 114 Å². The van der Waals surface area contributed by atoms with Crippen LogP contribution < -0.4 is 15.5 Å². The summed E-state index contributed by atoms with van der Waals surface area (Å²) in [6.45, 7) is 5.66. The molecular formula is C37H33N3O5S. The standard InChI is InChI=1S/C37H33N3O5S/c1-23(2)26-11-9-25(10-12-26)21-32(39-35(43)28-7-5-4-6-8-28)36(44)38-29-15-19-31(20-16-29)46-33-22-34(42)40(37(33)45)30-17-13-27(14-18-30)24(3)41/h4-21,23,33H,22H2,1-3H3,(H,38,44)(H,39,43)/b32-21-. The molecule has 0 aromatic heterocycles. The van der Waals surface area contributed by atoms with Gasteiger partial charge in [0.15, 0.2) is 5.78 Å². The van der Waals surface area contributed by atoms with E-state index in [4.69, 9.17) is 0 Å². The second-order valence-electron chi connectivity index (χ2n) is 11.2. The van der Waals surface area contributed by atoms with Gasteiger partial charge in [-0.25, -0.2) is 4.90 Å². The molecule has 0 aliphatic carbocycles. The van der Waals surface area contributed by atoms with E-state index in [0.717, 1.165) is 20.9 Å². The maximum Gasteiger partial charge on any atom is 0.272 e. The molecule has 9 heteroatoms. The molecule has 0 spiro atoms. The van der Waals surface area contributed by atoms with E-state index < -0.39 is 17.1 Å². The van der Waals surface area contributed by atoms with Gasteiger partial charge in [-0.05, 0) is 90.7 Å². The van der Waals surface area contributed by atoms with Crippen LogP contribution in [-0.2, 0) is 14.4 Å². The minimum Gasteiger partial charge on any atom is -0.321 e. The van der Waals surface area contributed by atoms with Crippen LogP contribution in [0.1, 0.15) is 65.0 Å². The second-order valence-corrected chi connectivity index (χ2v) is 12.4. The Balaban J connectivity index is 1.27. The Bertz CT molecular complexity index is 1800. The Morgan fingerprint density at radius 1 is 0.826 bits per heavy atom. The first-order chi connectivity index (χ1) is 22.1. The van der Waals surface area contributed by atoms with Crippen LogP contribution >= 0.6 is 11.8 Å². The fourth-order valence-electron chi connectivity index (χ4n) is 4.88. The lowest BCUT2D eigenvalue weighted by Crippen LogP contribution is -2.31. The summed E-state index contributed by atoms with van der Waals surface area (Å²) in [5.41, 5.74) is 3.84. The largest absolute Gasteiger partial charge is 0.321 e. The summed E-state index contributed by atoms with van der Waals surface area (Å²) < 4.78 is 0. The predicted octanol–water partition coefficient (Wildman–Crippen LogP) is 6.85. The van der Waals surface area contributed by atoms with Crippen LogP contribution in [-0.4, -0.2) is 34.7 Å². The molecule has 1 unspecified atom stereocenters. The van der Waals surface area contributed by atoms with Crippen LogP contribution in [0.5, 0.6) is 0 Å². The summed E-state index contributed by atoms with van der Waals surface area (Å²) in [5, 5.41) is 4.98. The van der Waals surface area contributed by atoms with Crippen LogP contribution in [0.3, 0.4) is 0 Å². The van der Waals surface area contributed by atoms with Crippen molar-refractivity contribution < 1.29 is 24.0 Å². The number of ketones is 1. The lowest BCUT2D eigenvalue weighted by atomic mass is 10.0. The molecule has 1 aliphatic heterocycles. The molecule has 8 nitrogen and oxygen atoms in total. The van der Waals surface area contributed by atoms with E-state index in [1.807, 2.05) is 30.3 Å². The Kier molecular flexibility index (Phi) is 9.93. The van der Waals surface area contributed by atoms with E-state index in [1.165, 1.54) is 18.7 Å². The number of nitrogens with one attached hydrogen (secondary N) is 2. The van der Waals surface area contributed by atoms with Crippen molar-refractivity contribution in [3.05, 3.63) is 131 Å². The quantitative estimate of drug-likeness (QED) is 0.113. The fraction of sp³-hybridized carbons (Fsp3) is 0.162. The Hall–Kier alpha value is -5.28. The van der Waals surface area contributed by atoms with E-state index >= 15 is 0 Å². The second kappa shape index (κ2) is 14.2. The lowest BCUT2D eigenvalue weighted by Gasteiger charge is -2.15. The van der Waals surface area contributed by atoms with Crippen molar-refractivity contribution in [2.45, 2.75) is 43.3 Å². The summed E-state index contributed by atoms with van der Waals surface area (Å²) in [6.07, 6.45) is 1.68. The molecule has 1 aliphatic rings. The van der Waals surface area contributed by atoms with Crippen molar-refractivity contribution in [1.29, 1.82) is 0 Å². The van der Waals surface area contributed by atoms with E-state index in [1.54, 1.807) is 78.9 Å². The highest BCUT2D eigenvalue weighted by Crippen LogP contribution is 2.34. The molecule has 0 saturated carbocycles. The van der Waals surface area contributed by atoms with Crippen molar-refractivity contribution >= 4 is 58.6 Å². The molecule has 4 amide bonds. The average molecular weight is 632 g/mol. The number of Topliss-reactive ketones (excluding diaryl/α,β-unsaturated/α-hetero) is 1. The van der Waals surface area contributed by atoms with Crippen molar-refractivity contribution in [2.24, 2.45) is 0 Å². The first-order valence-electron chi connectivity index (χ1n) is 14.8. The number of imide groups is 1. The first-order valence-corrected chi connectivity index (χ1v) is 15.7. The molecule has 2 N–H and O–H groups in total. The zero-order valence-electron chi connectivity index (χ0n) is 25.7. The molecule has 46 heavy (non-hydrogen) atoms. The third-order valence-corrected chi connectivity index (χ3v) is 8.67. The number of hydrogen-bond acceptors (Lipinski definition) is 6. The molecule has 1 fully saturated rings. The zero-order valence-corrected chi connectivity index (χ0v) is 26.5. The molecule has 4 aromatic rings. The maximum atomic E-state index is 13.4. The number of benzene rings is 4. The molecule has 1 saturated heterocycles. The molecular weight excluding hydrogens is 598 g/mol. The van der Waals surface area contributed by atoms with E-state index in [0.29, 0.717) is 28.4 Å². The topological polar surface area (TPSA) is 113 Å². The number of anilines is 2. The molecule has 4 aromatic carbocycles. The van der Waals surface area contributed by atoms with Crippen LogP contribution in [0, 0.1) is 0 Å². The number of carbonyl (C=O) groups excluding carboxylic acids is 5. The highest BCUT2D eigenvalue weighted by molar-refractivity contribution is 8.00. The number of thioether (sulfide) groups is 1. The monoisotopic (exact) mass is 631 g/mol. The minimum absolute atomic E-state index is 0.0455. The van der Waals surface area contributed by atoms with Gasteiger partial charge >= 0.3 is 0 Å². The van der Waals surface area contributed by atoms with Crippen molar-refractivity contribution in [3.8, 4) is 0 Å². The average Bonchev–Trinajstić information content (AvgIpc) is 3.33. The van der Waals surface area contributed by atoms with Gasteiger partial charge < -0.3 is 10.6 Å². The lowest BCUT2D eigenvalue weighted by molar-refractivity contribution is -0.121. The van der Waals surface area contributed by atoms with E-state index in [2.05, 4.69) is 24.5 Å². The Morgan fingerprint density at radius 3 is 2.09 bits per heavy atom. The van der Waals surface area contributed by atoms with Crippen molar-refractivity contribution in [2.75, 3.05) is 10.2 Å². The normalized spacial score (nSPS) is 14.8. The number of nitrogens with zero attached hydrogens (tertiary/aromatic N) is 1. The number of hydrogen-bond donors (Lipinski definition) is 2. The number of carbonyl (C=O) groups is 5. The molecule has 0 radical (unpaired) electrons. The fourth-order valence-corrected chi connectivity index (χ4v) is 5.93. The van der Waals surface area contributed by atoms with Crippen LogP contribution in [0.25, 0.3) is 6.08 Å². The van der Waals surface area contributed by atoms with Gasteiger partial charge in [0.25, 0.3) is 11.8 Å². The van der Waals surface area contributed by atoms with Gasteiger partial charge in [0.05, 0.1) is 10.9 Å². The number of amides is 4. The summed E-state index contributed by atoms with van der Waals surface area (Å²) in [7, 11) is 0. The van der Waals surface area contributed by atoms with Gasteiger partial charge in [0.1, 0.15) is 5.70 Å². The third-order valence-electron chi connectivity index (χ3n) is 7.47.